The van der Waals surface area contributed by atoms with Crippen LogP contribution in [0.5, 0.6) is 5.75 Å². The number of thiophene rings is 1. The van der Waals surface area contributed by atoms with Crippen molar-refractivity contribution in [2.45, 2.75) is 45.8 Å². The molecule has 38 heavy (non-hydrogen) atoms. The first-order valence-electron chi connectivity index (χ1n) is 12.6. The Morgan fingerprint density at radius 1 is 1.21 bits per heavy atom. The number of hydrogen-bond acceptors (Lipinski definition) is 8. The number of piperazine rings is 1. The van der Waals surface area contributed by atoms with Gasteiger partial charge in [0.05, 0.1) is 11.7 Å². The van der Waals surface area contributed by atoms with E-state index < -0.39 is 11.6 Å². The minimum absolute atomic E-state index is 0.218. The van der Waals surface area contributed by atoms with Gasteiger partial charge in [-0.25, -0.2) is 14.2 Å². The number of halogens is 1. The van der Waals surface area contributed by atoms with E-state index in [1.807, 2.05) is 50.8 Å². The number of nitrogens with one attached hydrogen (secondary N) is 1. The van der Waals surface area contributed by atoms with Gasteiger partial charge < -0.3 is 30.3 Å². The number of rotatable bonds is 3. The molecule has 5 rings (SSSR count). The van der Waals surface area contributed by atoms with Gasteiger partial charge in [0.2, 0.25) is 0 Å². The fraction of sp³-hybridized carbons (Fsp3) is 0.444. The van der Waals surface area contributed by atoms with Gasteiger partial charge in [0.15, 0.2) is 0 Å². The van der Waals surface area contributed by atoms with E-state index in [2.05, 4.69) is 10.3 Å². The lowest BCUT2D eigenvalue weighted by Crippen LogP contribution is -2.50. The number of carbonyl (C=O) groups excluding carboxylic acids is 2. The van der Waals surface area contributed by atoms with Crippen LogP contribution in [0.1, 0.15) is 41.7 Å². The maximum atomic E-state index is 15.2. The molecule has 2 aliphatic rings. The zero-order valence-electron chi connectivity index (χ0n) is 22.0. The van der Waals surface area contributed by atoms with Crippen LogP contribution in [-0.4, -0.2) is 66.3 Å². The number of nitrogens with two attached hydrogens (primary N) is 1. The van der Waals surface area contributed by atoms with Gasteiger partial charge in [-0.2, -0.15) is 0 Å². The van der Waals surface area contributed by atoms with E-state index in [9.17, 15) is 9.59 Å². The Kier molecular flexibility index (Phi) is 6.81. The normalized spacial score (nSPS) is 17.7. The summed E-state index contributed by atoms with van der Waals surface area (Å²) in [6, 6.07) is 6.65. The third-order valence-electron chi connectivity index (χ3n) is 6.60. The number of pyridine rings is 1. The summed E-state index contributed by atoms with van der Waals surface area (Å²) >= 11 is 1.24. The van der Waals surface area contributed by atoms with E-state index in [1.165, 1.54) is 17.4 Å². The quantitative estimate of drug-likeness (QED) is 0.513. The molecule has 0 bridgehead atoms. The lowest BCUT2D eigenvalue weighted by atomic mass is 10.0. The molecule has 3 aromatic rings. The van der Waals surface area contributed by atoms with Gasteiger partial charge in [-0.05, 0) is 45.9 Å². The molecule has 1 fully saturated rings. The van der Waals surface area contributed by atoms with E-state index in [0.29, 0.717) is 65.0 Å². The number of fused-ring (bicyclic) bond motifs is 2. The van der Waals surface area contributed by atoms with Gasteiger partial charge in [0.1, 0.15) is 33.5 Å². The fourth-order valence-electron chi connectivity index (χ4n) is 4.68. The number of amides is 2. The summed E-state index contributed by atoms with van der Waals surface area (Å²) in [5.41, 5.74) is 8.05. The molecular weight excluding hydrogens is 509 g/mol. The van der Waals surface area contributed by atoms with Crippen LogP contribution in [0.2, 0.25) is 0 Å². The summed E-state index contributed by atoms with van der Waals surface area (Å²) in [5.74, 6) is -0.228. The second kappa shape index (κ2) is 9.94. The van der Waals surface area contributed by atoms with Crippen molar-refractivity contribution in [3.05, 3.63) is 46.2 Å². The predicted octanol–water partition coefficient (Wildman–Crippen LogP) is 4.12. The molecule has 2 amide bonds. The van der Waals surface area contributed by atoms with Crippen LogP contribution < -0.4 is 20.7 Å². The summed E-state index contributed by atoms with van der Waals surface area (Å²) < 4.78 is 26.6. The monoisotopic (exact) mass is 541 g/mol. The number of carbonyl (C=O) groups is 2. The number of nitrogen functional groups attached to an aromatic ring is 1. The van der Waals surface area contributed by atoms with Gasteiger partial charge in [0, 0.05) is 61.0 Å². The average molecular weight is 542 g/mol. The van der Waals surface area contributed by atoms with Gasteiger partial charge >= 0.3 is 6.09 Å². The highest BCUT2D eigenvalue weighted by Gasteiger charge is 2.30. The number of nitrogens with zero attached hydrogens (tertiary/aromatic N) is 3. The highest BCUT2D eigenvalue weighted by atomic mass is 32.1. The number of anilines is 2. The molecule has 1 saturated heterocycles. The first-order valence-corrected chi connectivity index (χ1v) is 13.4. The Hall–Kier alpha value is -3.60. The van der Waals surface area contributed by atoms with Crippen LogP contribution >= 0.6 is 11.3 Å². The average Bonchev–Trinajstić information content (AvgIpc) is 3.19. The Balaban J connectivity index is 1.23. The Morgan fingerprint density at radius 2 is 1.95 bits per heavy atom. The maximum Gasteiger partial charge on any atom is 0.410 e. The van der Waals surface area contributed by atoms with E-state index in [-0.39, 0.29) is 24.4 Å². The molecular formula is C27H32FN5O4S. The first kappa shape index (κ1) is 26.0. The summed E-state index contributed by atoms with van der Waals surface area (Å²) in [6.07, 6.45) is -0.0316. The minimum Gasteiger partial charge on any atom is -0.491 e. The summed E-state index contributed by atoms with van der Waals surface area (Å²) in [4.78, 5) is 34.6. The van der Waals surface area contributed by atoms with Gasteiger partial charge in [-0.1, -0.05) is 0 Å². The molecule has 0 spiro atoms. The molecule has 1 aromatic carbocycles. The van der Waals surface area contributed by atoms with Crippen molar-refractivity contribution in [1.82, 2.24) is 15.2 Å². The smallest absolute Gasteiger partial charge is 0.410 e. The third-order valence-corrected chi connectivity index (χ3v) is 7.71. The minimum atomic E-state index is -0.550. The fourth-order valence-corrected chi connectivity index (χ4v) is 5.72. The van der Waals surface area contributed by atoms with Gasteiger partial charge in [-0.3, -0.25) is 4.79 Å². The van der Waals surface area contributed by atoms with Crippen molar-refractivity contribution < 1.29 is 23.5 Å². The molecule has 0 radical (unpaired) electrons. The summed E-state index contributed by atoms with van der Waals surface area (Å²) in [7, 11) is 0. The molecule has 2 aliphatic heterocycles. The number of ether oxygens (including phenoxy) is 2. The van der Waals surface area contributed by atoms with E-state index in [4.69, 9.17) is 15.2 Å². The molecule has 9 nitrogen and oxygen atoms in total. The highest BCUT2D eigenvalue weighted by Crippen LogP contribution is 2.35. The summed E-state index contributed by atoms with van der Waals surface area (Å²) in [6.45, 7) is 9.70. The summed E-state index contributed by atoms with van der Waals surface area (Å²) in [5, 5.41) is 3.69. The predicted molar refractivity (Wildman–Crippen MR) is 146 cm³/mol. The highest BCUT2D eigenvalue weighted by molar-refractivity contribution is 7.21. The molecule has 11 heteroatoms. The molecule has 2 aromatic heterocycles. The second-order valence-corrected chi connectivity index (χ2v) is 11.7. The van der Waals surface area contributed by atoms with Crippen LogP contribution in [0, 0.1) is 12.7 Å². The van der Waals surface area contributed by atoms with Crippen molar-refractivity contribution in [1.29, 1.82) is 0 Å². The molecule has 4 heterocycles. The zero-order chi connectivity index (χ0) is 27.2. The van der Waals surface area contributed by atoms with Crippen LogP contribution in [-0.2, 0) is 11.2 Å². The largest absolute Gasteiger partial charge is 0.491 e. The molecule has 0 unspecified atom stereocenters. The van der Waals surface area contributed by atoms with E-state index in [1.54, 1.807) is 4.90 Å². The number of aromatic nitrogens is 1. The molecule has 3 N–H and O–H groups in total. The van der Waals surface area contributed by atoms with E-state index >= 15 is 4.39 Å². The van der Waals surface area contributed by atoms with E-state index in [0.717, 1.165) is 11.1 Å². The topological polar surface area (TPSA) is 110 Å². The van der Waals surface area contributed by atoms with Crippen molar-refractivity contribution >= 4 is 44.9 Å². The lowest BCUT2D eigenvalue weighted by Gasteiger charge is -2.37. The molecule has 0 aliphatic carbocycles. The Bertz CT molecular complexity index is 1390. The third kappa shape index (κ3) is 5.33. The molecule has 202 valence electrons. The van der Waals surface area contributed by atoms with Crippen LogP contribution in [0.3, 0.4) is 0 Å². The second-order valence-electron chi connectivity index (χ2n) is 10.7. The van der Waals surface area contributed by atoms with Gasteiger partial charge in [-0.15, -0.1) is 11.3 Å². The van der Waals surface area contributed by atoms with Crippen LogP contribution in [0.15, 0.2) is 24.3 Å². The lowest BCUT2D eigenvalue weighted by molar-refractivity contribution is 0.0240. The van der Waals surface area contributed by atoms with Crippen molar-refractivity contribution in [3.8, 4) is 5.75 Å². The molecule has 0 saturated carbocycles. The zero-order valence-corrected chi connectivity index (χ0v) is 22.8. The van der Waals surface area contributed by atoms with Crippen molar-refractivity contribution in [3.63, 3.8) is 0 Å². The van der Waals surface area contributed by atoms with Gasteiger partial charge in [0.25, 0.3) is 5.91 Å². The van der Waals surface area contributed by atoms with Crippen LogP contribution in [0.25, 0.3) is 10.2 Å². The Labute approximate surface area is 224 Å². The first-order chi connectivity index (χ1) is 18.0. The van der Waals surface area contributed by atoms with Crippen molar-refractivity contribution in [2.75, 3.05) is 43.4 Å². The number of benzene rings is 1. The number of hydrogen-bond donors (Lipinski definition) is 2. The van der Waals surface area contributed by atoms with Crippen LogP contribution in [0.4, 0.5) is 20.6 Å². The maximum absolute atomic E-state index is 15.2. The Morgan fingerprint density at radius 3 is 2.66 bits per heavy atom. The SMILES string of the molecule is Cc1ccc2c(N)c(C(=O)N[C@H]3COc4cc(N5CCN(C(=O)OC(C)(C)C)CC5)cc(F)c4C3)sc2n1. The molecule has 1 atom stereocenters. The van der Waals surface area contributed by atoms with Crippen molar-refractivity contribution in [2.24, 2.45) is 0 Å². The standard InChI is InChI=1S/C27H32FN5O4S/c1-15-5-6-18-22(29)23(38-25(18)30-15)24(34)31-16-11-19-20(28)12-17(13-21(19)36-14-16)32-7-9-33(10-8-32)26(35)37-27(2,3)4/h5-6,12-13,16H,7-11,14,29H2,1-4H3,(H,31,34)/t16-/m1/s1. The number of aryl methyl sites for hydroxylation is 1.